The molecule has 0 saturated heterocycles. The number of nitrogens with two attached hydrogens (primary N) is 1. The summed E-state index contributed by atoms with van der Waals surface area (Å²) in [4.78, 5) is 0. The number of anilines is 1. The fraction of sp³-hybridized carbons (Fsp3) is 0.182. The van der Waals surface area contributed by atoms with Gasteiger partial charge in [-0.05, 0) is 59.4 Å². The fourth-order valence-electron chi connectivity index (χ4n) is 5.01. The molecule has 0 heterocycles. The Balaban J connectivity index is 2.03. The Hall–Kier alpha value is -2.74. The maximum atomic E-state index is 10.3. The van der Waals surface area contributed by atoms with Crippen molar-refractivity contribution in [1.82, 2.24) is 0 Å². The highest BCUT2D eigenvalue weighted by molar-refractivity contribution is 5.77. The summed E-state index contributed by atoms with van der Waals surface area (Å²) in [5.74, 6) is 0.168. The molecule has 0 unspecified atom stereocenters. The first kappa shape index (κ1) is 13.7. The van der Waals surface area contributed by atoms with Crippen molar-refractivity contribution in [1.29, 1.82) is 0 Å². The van der Waals surface area contributed by atoms with Gasteiger partial charge >= 0.3 is 0 Å². The molecule has 24 heavy (non-hydrogen) atoms. The molecular formula is C22H19NO. The summed E-state index contributed by atoms with van der Waals surface area (Å²) < 4.78 is 0. The maximum absolute atomic E-state index is 10.3. The van der Waals surface area contributed by atoms with E-state index in [-0.39, 0.29) is 16.6 Å². The van der Waals surface area contributed by atoms with E-state index in [4.69, 9.17) is 5.73 Å². The molecule has 3 aromatic carbocycles. The lowest BCUT2D eigenvalue weighted by Gasteiger charge is -2.54. The zero-order valence-corrected chi connectivity index (χ0v) is 13.8. The van der Waals surface area contributed by atoms with Gasteiger partial charge in [-0.15, -0.1) is 0 Å². The number of aromatic hydroxyl groups is 1. The minimum atomic E-state index is -0.272. The van der Waals surface area contributed by atoms with Crippen LogP contribution in [0.2, 0.25) is 0 Å². The Kier molecular flexibility index (Phi) is 2.29. The van der Waals surface area contributed by atoms with Gasteiger partial charge < -0.3 is 10.8 Å². The van der Waals surface area contributed by atoms with E-state index in [0.29, 0.717) is 5.69 Å². The summed E-state index contributed by atoms with van der Waals surface area (Å²) in [6.07, 6.45) is 0. The molecular weight excluding hydrogens is 294 g/mol. The molecule has 3 N–H and O–H groups in total. The largest absolute Gasteiger partial charge is 0.506 e. The first-order chi connectivity index (χ1) is 11.5. The second-order valence-corrected chi connectivity index (χ2v) is 7.30. The minimum Gasteiger partial charge on any atom is -0.506 e. The molecule has 0 saturated carbocycles. The van der Waals surface area contributed by atoms with E-state index >= 15 is 0 Å². The highest BCUT2D eigenvalue weighted by atomic mass is 16.3. The van der Waals surface area contributed by atoms with Gasteiger partial charge in [-0.2, -0.15) is 0 Å². The van der Waals surface area contributed by atoms with Gasteiger partial charge in [0, 0.05) is 10.8 Å². The van der Waals surface area contributed by atoms with E-state index in [1.54, 1.807) is 0 Å². The molecule has 0 spiro atoms. The average Bonchev–Trinajstić information content (AvgIpc) is 2.61. The van der Waals surface area contributed by atoms with Gasteiger partial charge in [-0.1, -0.05) is 48.5 Å². The molecule has 2 nitrogen and oxygen atoms in total. The quantitative estimate of drug-likeness (QED) is 0.480. The summed E-state index contributed by atoms with van der Waals surface area (Å²) in [7, 11) is 0. The second-order valence-electron chi connectivity index (χ2n) is 7.30. The third kappa shape index (κ3) is 1.26. The van der Waals surface area contributed by atoms with Crippen LogP contribution in [0.15, 0.2) is 60.7 Å². The molecule has 0 aliphatic heterocycles. The first-order valence-corrected chi connectivity index (χ1v) is 8.32. The summed E-state index contributed by atoms with van der Waals surface area (Å²) in [5, 5.41) is 10.3. The highest BCUT2D eigenvalue weighted by Crippen LogP contribution is 2.62. The number of phenols is 1. The molecule has 0 aromatic heterocycles. The van der Waals surface area contributed by atoms with Crippen LogP contribution in [0, 0.1) is 0 Å². The summed E-state index contributed by atoms with van der Waals surface area (Å²) in [6, 6.07) is 21.2. The van der Waals surface area contributed by atoms with Crippen LogP contribution in [-0.2, 0) is 10.8 Å². The Labute approximate surface area is 141 Å². The van der Waals surface area contributed by atoms with Crippen LogP contribution >= 0.6 is 0 Å². The third-order valence-electron chi connectivity index (χ3n) is 6.25. The zero-order chi connectivity index (χ0) is 16.7. The van der Waals surface area contributed by atoms with Gasteiger partial charge in [-0.25, -0.2) is 0 Å². The Bertz CT molecular complexity index is 890. The van der Waals surface area contributed by atoms with Crippen molar-refractivity contribution in [2.75, 3.05) is 5.73 Å². The number of phenolic OH excluding ortho intramolecular Hbond substituents is 1. The van der Waals surface area contributed by atoms with Crippen molar-refractivity contribution in [3.8, 4) is 5.75 Å². The van der Waals surface area contributed by atoms with Gasteiger partial charge in [0.2, 0.25) is 0 Å². The van der Waals surface area contributed by atoms with E-state index in [0.717, 1.165) is 5.56 Å². The van der Waals surface area contributed by atoms with E-state index < -0.39 is 0 Å². The summed E-state index contributed by atoms with van der Waals surface area (Å²) in [6.45, 7) is 4.54. The minimum absolute atomic E-state index is 0.168. The fourth-order valence-corrected chi connectivity index (χ4v) is 5.01. The molecule has 118 valence electrons. The summed E-state index contributed by atoms with van der Waals surface area (Å²) >= 11 is 0. The van der Waals surface area contributed by atoms with Crippen molar-refractivity contribution in [3.63, 3.8) is 0 Å². The monoisotopic (exact) mass is 313 g/mol. The standard InChI is InChI=1S/C22H19NO/c1-21-13-7-3-5-9-15(13)22(2,16-10-6-4-8-14(16)21)18-12-20(24)19(23)11-17(18)21/h3-12,24H,23H2,1-2H3. The second kappa shape index (κ2) is 4.02. The number of benzene rings is 3. The lowest BCUT2D eigenvalue weighted by atomic mass is 9.48. The van der Waals surface area contributed by atoms with Crippen molar-refractivity contribution >= 4 is 5.69 Å². The molecule has 0 amide bonds. The van der Waals surface area contributed by atoms with Crippen molar-refractivity contribution in [3.05, 3.63) is 94.0 Å². The van der Waals surface area contributed by atoms with E-state index in [2.05, 4.69) is 62.4 Å². The van der Waals surface area contributed by atoms with Crippen LogP contribution in [0.3, 0.4) is 0 Å². The topological polar surface area (TPSA) is 46.2 Å². The van der Waals surface area contributed by atoms with E-state index in [1.165, 1.54) is 27.8 Å². The Morgan fingerprint density at radius 2 is 1.04 bits per heavy atom. The number of hydrogen-bond donors (Lipinski definition) is 2. The van der Waals surface area contributed by atoms with Gasteiger partial charge in [0.15, 0.2) is 0 Å². The van der Waals surface area contributed by atoms with Gasteiger partial charge in [-0.3, -0.25) is 0 Å². The normalized spacial score (nSPS) is 25.8. The molecule has 6 rings (SSSR count). The smallest absolute Gasteiger partial charge is 0.138 e. The number of nitrogen functional groups attached to an aromatic ring is 1. The molecule has 2 heteroatoms. The predicted molar refractivity (Wildman–Crippen MR) is 96.5 cm³/mol. The molecule has 0 atom stereocenters. The van der Waals surface area contributed by atoms with Crippen LogP contribution in [0.1, 0.15) is 47.2 Å². The third-order valence-corrected chi connectivity index (χ3v) is 6.25. The van der Waals surface area contributed by atoms with Gasteiger partial charge in [0.25, 0.3) is 0 Å². The number of rotatable bonds is 0. The Morgan fingerprint density at radius 1 is 0.667 bits per heavy atom. The van der Waals surface area contributed by atoms with Crippen molar-refractivity contribution in [2.45, 2.75) is 24.7 Å². The molecule has 3 aliphatic carbocycles. The van der Waals surface area contributed by atoms with Crippen LogP contribution in [0.5, 0.6) is 5.75 Å². The van der Waals surface area contributed by atoms with Crippen molar-refractivity contribution < 1.29 is 5.11 Å². The molecule has 0 radical (unpaired) electrons. The Morgan fingerprint density at radius 3 is 1.46 bits per heavy atom. The average molecular weight is 313 g/mol. The molecule has 2 bridgehead atoms. The van der Waals surface area contributed by atoms with Crippen LogP contribution in [0.4, 0.5) is 5.69 Å². The zero-order valence-electron chi connectivity index (χ0n) is 13.8. The molecule has 3 aromatic rings. The van der Waals surface area contributed by atoms with Gasteiger partial charge in [0.05, 0.1) is 5.69 Å². The lowest BCUT2D eigenvalue weighted by molar-refractivity contribution is 0.466. The van der Waals surface area contributed by atoms with Crippen LogP contribution < -0.4 is 5.73 Å². The molecule has 3 aliphatic rings. The predicted octanol–water partition coefficient (Wildman–Crippen LogP) is 4.31. The highest BCUT2D eigenvalue weighted by Gasteiger charge is 2.54. The van der Waals surface area contributed by atoms with E-state index in [9.17, 15) is 5.11 Å². The van der Waals surface area contributed by atoms with Gasteiger partial charge in [0.1, 0.15) is 5.75 Å². The van der Waals surface area contributed by atoms with Crippen LogP contribution in [-0.4, -0.2) is 5.11 Å². The SMILES string of the molecule is CC12c3ccccc3C(C)(c3ccccc31)c1cc(O)c(N)cc12. The lowest BCUT2D eigenvalue weighted by Crippen LogP contribution is -2.48. The van der Waals surface area contributed by atoms with E-state index in [1.807, 2.05) is 12.1 Å². The van der Waals surface area contributed by atoms with Crippen LogP contribution in [0.25, 0.3) is 0 Å². The first-order valence-electron chi connectivity index (χ1n) is 8.32. The molecule has 0 fully saturated rings. The summed E-state index contributed by atoms with van der Waals surface area (Å²) in [5.41, 5.74) is 13.7. The number of hydrogen-bond acceptors (Lipinski definition) is 2. The van der Waals surface area contributed by atoms with Crippen molar-refractivity contribution in [2.24, 2.45) is 0 Å². The maximum Gasteiger partial charge on any atom is 0.138 e.